The summed E-state index contributed by atoms with van der Waals surface area (Å²) in [6.07, 6.45) is 1.71. The van der Waals surface area contributed by atoms with Crippen molar-refractivity contribution in [1.29, 1.82) is 0 Å². The van der Waals surface area contributed by atoms with E-state index < -0.39 is 9.84 Å². The zero-order valence-electron chi connectivity index (χ0n) is 19.4. The minimum atomic E-state index is -3.15. The summed E-state index contributed by atoms with van der Waals surface area (Å²) in [6.45, 7) is 2.00. The first-order valence-electron chi connectivity index (χ1n) is 10.9. The monoisotopic (exact) mass is 472 g/mol. The minimum Gasteiger partial charge on any atom is -0.496 e. The van der Waals surface area contributed by atoms with Gasteiger partial charge in [-0.05, 0) is 44.0 Å². The number of methoxy groups -OCH3 is 1. The van der Waals surface area contributed by atoms with Crippen molar-refractivity contribution in [2.75, 3.05) is 37.6 Å². The lowest BCUT2D eigenvalue weighted by Crippen LogP contribution is -2.29. The van der Waals surface area contributed by atoms with Crippen LogP contribution in [0, 0.1) is 12.7 Å². The van der Waals surface area contributed by atoms with Crippen molar-refractivity contribution in [2.45, 2.75) is 32.2 Å². The zero-order valence-corrected chi connectivity index (χ0v) is 20.2. The van der Waals surface area contributed by atoms with E-state index >= 15 is 0 Å². The van der Waals surface area contributed by atoms with Crippen molar-refractivity contribution < 1.29 is 17.5 Å². The Hall–Kier alpha value is -2.94. The molecule has 0 aliphatic carbocycles. The second kappa shape index (κ2) is 9.13. The van der Waals surface area contributed by atoms with Crippen LogP contribution in [0.15, 0.2) is 36.4 Å². The normalized spacial score (nSPS) is 17.7. The van der Waals surface area contributed by atoms with Crippen LogP contribution in [0.1, 0.15) is 35.8 Å². The SMILES string of the molecule is COc1ccc(C)cc1Cc1nc(-c2ccc(N(C)C)c(F)c2)nn1C1CCCS(=O)(=O)C1. The first-order valence-corrected chi connectivity index (χ1v) is 12.8. The highest BCUT2D eigenvalue weighted by Gasteiger charge is 2.29. The van der Waals surface area contributed by atoms with Crippen molar-refractivity contribution in [1.82, 2.24) is 14.8 Å². The Morgan fingerprint density at radius 3 is 2.67 bits per heavy atom. The molecular weight excluding hydrogens is 443 g/mol. The smallest absolute Gasteiger partial charge is 0.181 e. The number of hydrogen-bond acceptors (Lipinski definition) is 6. The van der Waals surface area contributed by atoms with Gasteiger partial charge in [0.1, 0.15) is 17.4 Å². The topological polar surface area (TPSA) is 77.3 Å². The molecule has 0 saturated carbocycles. The van der Waals surface area contributed by atoms with Crippen LogP contribution in [0.2, 0.25) is 0 Å². The molecule has 1 unspecified atom stereocenters. The maximum absolute atomic E-state index is 14.6. The molecule has 0 radical (unpaired) electrons. The summed E-state index contributed by atoms with van der Waals surface area (Å²) < 4.78 is 46.6. The lowest BCUT2D eigenvalue weighted by atomic mass is 10.1. The number of sulfone groups is 1. The third-order valence-corrected chi connectivity index (χ3v) is 7.76. The average molecular weight is 473 g/mol. The fraction of sp³-hybridized carbons (Fsp3) is 0.417. The quantitative estimate of drug-likeness (QED) is 0.543. The maximum atomic E-state index is 14.6. The molecule has 0 amide bonds. The van der Waals surface area contributed by atoms with Crippen LogP contribution >= 0.6 is 0 Å². The number of aromatic nitrogens is 3. The standard InChI is InChI=1S/C24H29FN4O3S/c1-16-7-10-22(32-4)18(12-16)14-23-26-24(17-8-9-21(28(2)3)20(25)13-17)27-29(23)19-6-5-11-33(30,31)15-19/h7-10,12-13,19H,5-6,11,14-15H2,1-4H3. The Labute approximate surface area is 194 Å². The van der Waals surface area contributed by atoms with Gasteiger partial charge in [-0.1, -0.05) is 17.7 Å². The molecule has 0 bridgehead atoms. The second-order valence-corrected chi connectivity index (χ2v) is 11.0. The highest BCUT2D eigenvalue weighted by molar-refractivity contribution is 7.91. The summed E-state index contributed by atoms with van der Waals surface area (Å²) in [6, 6.07) is 10.5. The van der Waals surface area contributed by atoms with Crippen LogP contribution < -0.4 is 9.64 Å². The van der Waals surface area contributed by atoms with E-state index in [1.807, 2.05) is 25.1 Å². The van der Waals surface area contributed by atoms with Gasteiger partial charge in [-0.2, -0.15) is 5.10 Å². The van der Waals surface area contributed by atoms with E-state index in [2.05, 4.69) is 5.10 Å². The van der Waals surface area contributed by atoms with Crippen LogP contribution in [-0.4, -0.2) is 55.9 Å². The first-order chi connectivity index (χ1) is 15.7. The number of aryl methyl sites for hydroxylation is 1. The fourth-order valence-corrected chi connectivity index (χ4v) is 5.97. The largest absolute Gasteiger partial charge is 0.496 e. The number of rotatable bonds is 6. The van der Waals surface area contributed by atoms with Crippen LogP contribution in [0.4, 0.5) is 10.1 Å². The molecule has 1 aromatic heterocycles. The van der Waals surface area contributed by atoms with E-state index in [0.717, 1.165) is 16.9 Å². The molecule has 1 aliphatic heterocycles. The number of halogens is 1. The van der Waals surface area contributed by atoms with Gasteiger partial charge in [-0.3, -0.25) is 0 Å². The van der Waals surface area contributed by atoms with E-state index in [9.17, 15) is 12.8 Å². The van der Waals surface area contributed by atoms with Gasteiger partial charge in [0.25, 0.3) is 0 Å². The molecule has 2 aromatic carbocycles. The number of benzene rings is 2. The summed E-state index contributed by atoms with van der Waals surface area (Å²) in [5.74, 6) is 1.60. The summed E-state index contributed by atoms with van der Waals surface area (Å²) in [4.78, 5) is 6.44. The lowest BCUT2D eigenvalue weighted by Gasteiger charge is -2.23. The summed E-state index contributed by atoms with van der Waals surface area (Å²) in [5, 5.41) is 4.68. The number of anilines is 1. The van der Waals surface area contributed by atoms with Crippen molar-refractivity contribution in [3.63, 3.8) is 0 Å². The van der Waals surface area contributed by atoms with E-state index in [1.165, 1.54) is 6.07 Å². The van der Waals surface area contributed by atoms with Gasteiger partial charge in [0, 0.05) is 31.6 Å². The predicted molar refractivity (Wildman–Crippen MR) is 127 cm³/mol. The molecule has 176 valence electrons. The van der Waals surface area contributed by atoms with Crippen molar-refractivity contribution >= 4 is 15.5 Å². The Balaban J connectivity index is 1.78. The molecule has 7 nitrogen and oxygen atoms in total. The van der Waals surface area contributed by atoms with Gasteiger partial charge < -0.3 is 9.64 Å². The Bertz CT molecular complexity index is 1270. The molecule has 0 N–H and O–H groups in total. The van der Waals surface area contributed by atoms with Crippen LogP contribution in [-0.2, 0) is 16.3 Å². The number of nitrogens with zero attached hydrogens (tertiary/aromatic N) is 4. The molecular formula is C24H29FN4O3S. The molecule has 9 heteroatoms. The second-order valence-electron chi connectivity index (χ2n) is 8.76. The van der Waals surface area contributed by atoms with E-state index in [0.29, 0.717) is 42.2 Å². The van der Waals surface area contributed by atoms with Crippen LogP contribution in [0.5, 0.6) is 5.75 Å². The van der Waals surface area contributed by atoms with Crippen molar-refractivity contribution in [3.05, 3.63) is 59.2 Å². The van der Waals surface area contributed by atoms with E-state index in [4.69, 9.17) is 9.72 Å². The van der Waals surface area contributed by atoms with Crippen LogP contribution in [0.25, 0.3) is 11.4 Å². The van der Waals surface area contributed by atoms with Gasteiger partial charge in [-0.25, -0.2) is 22.5 Å². The molecule has 0 spiro atoms. The third-order valence-electron chi connectivity index (χ3n) is 5.96. The number of hydrogen-bond donors (Lipinski definition) is 0. The fourth-order valence-electron chi connectivity index (χ4n) is 4.31. The predicted octanol–water partition coefficient (Wildman–Crippen LogP) is 3.81. The zero-order chi connectivity index (χ0) is 23.8. The highest BCUT2D eigenvalue weighted by atomic mass is 32.2. The molecule has 1 atom stereocenters. The lowest BCUT2D eigenvalue weighted by molar-refractivity contribution is 0.406. The van der Waals surface area contributed by atoms with E-state index in [-0.39, 0.29) is 23.4 Å². The molecule has 3 aromatic rings. The molecule has 4 rings (SSSR count). The molecule has 2 heterocycles. The maximum Gasteiger partial charge on any atom is 0.181 e. The van der Waals surface area contributed by atoms with Gasteiger partial charge >= 0.3 is 0 Å². The van der Waals surface area contributed by atoms with E-state index in [1.54, 1.807) is 42.9 Å². The Morgan fingerprint density at radius 1 is 1.21 bits per heavy atom. The summed E-state index contributed by atoms with van der Waals surface area (Å²) >= 11 is 0. The minimum absolute atomic E-state index is 0.0294. The van der Waals surface area contributed by atoms with Gasteiger partial charge in [0.05, 0.1) is 30.3 Å². The molecule has 1 saturated heterocycles. The number of ether oxygens (including phenoxy) is 1. The molecule has 1 aliphatic rings. The van der Waals surface area contributed by atoms with Crippen molar-refractivity contribution in [3.8, 4) is 17.1 Å². The summed E-state index contributed by atoms with van der Waals surface area (Å²) in [5.41, 5.74) is 3.04. The van der Waals surface area contributed by atoms with Crippen molar-refractivity contribution in [2.24, 2.45) is 0 Å². The average Bonchev–Trinajstić information content (AvgIpc) is 3.17. The third kappa shape index (κ3) is 5.03. The highest BCUT2D eigenvalue weighted by Crippen LogP contribution is 2.30. The Kier molecular flexibility index (Phi) is 6.43. The molecule has 33 heavy (non-hydrogen) atoms. The molecule has 1 fully saturated rings. The Morgan fingerprint density at radius 2 is 2.00 bits per heavy atom. The van der Waals surface area contributed by atoms with Gasteiger partial charge in [0.15, 0.2) is 15.7 Å². The summed E-state index contributed by atoms with van der Waals surface area (Å²) in [7, 11) is 2.03. The van der Waals surface area contributed by atoms with Gasteiger partial charge in [0.2, 0.25) is 0 Å². The van der Waals surface area contributed by atoms with Gasteiger partial charge in [-0.15, -0.1) is 0 Å². The first kappa shape index (κ1) is 23.2. The van der Waals surface area contributed by atoms with Crippen LogP contribution in [0.3, 0.4) is 0 Å².